The molecule has 102 valence electrons. The molecule has 1 heterocycles. The number of aryl methyl sites for hydroxylation is 1. The van der Waals surface area contributed by atoms with Crippen molar-refractivity contribution >= 4 is 29.2 Å². The second-order valence-electron chi connectivity index (χ2n) is 4.02. The van der Waals surface area contributed by atoms with E-state index >= 15 is 0 Å². The Bertz CT molecular complexity index is 688. The Balaban J connectivity index is 2.24. The summed E-state index contributed by atoms with van der Waals surface area (Å²) in [5.41, 5.74) is 1.15. The number of carbonyl (C=O) groups excluding carboxylic acids is 1. The van der Waals surface area contributed by atoms with Gasteiger partial charge in [-0.1, -0.05) is 17.7 Å². The summed E-state index contributed by atoms with van der Waals surface area (Å²) in [7, 11) is 0. The minimum absolute atomic E-state index is 0.0509. The van der Waals surface area contributed by atoms with Gasteiger partial charge in [-0.15, -0.1) is 0 Å². The SMILES string of the molecule is Cc1ccc(NC(=O)c2cncc(Cl)n2)cc1C(=O)O. The van der Waals surface area contributed by atoms with Gasteiger partial charge >= 0.3 is 5.97 Å². The monoisotopic (exact) mass is 291 g/mol. The van der Waals surface area contributed by atoms with E-state index in [1.165, 1.54) is 18.5 Å². The lowest BCUT2D eigenvalue weighted by atomic mass is 10.1. The highest BCUT2D eigenvalue weighted by Gasteiger charge is 2.12. The summed E-state index contributed by atoms with van der Waals surface area (Å²) >= 11 is 5.65. The molecule has 20 heavy (non-hydrogen) atoms. The fraction of sp³-hybridized carbons (Fsp3) is 0.0769. The summed E-state index contributed by atoms with van der Waals surface area (Å²) in [6, 6.07) is 4.61. The van der Waals surface area contributed by atoms with E-state index in [-0.39, 0.29) is 16.4 Å². The molecule has 0 unspecified atom stereocenters. The van der Waals surface area contributed by atoms with Crippen LogP contribution in [0.2, 0.25) is 5.15 Å². The van der Waals surface area contributed by atoms with Gasteiger partial charge in [0, 0.05) is 5.69 Å². The molecule has 2 aromatic rings. The highest BCUT2D eigenvalue weighted by molar-refractivity contribution is 6.29. The number of nitrogens with zero attached hydrogens (tertiary/aromatic N) is 2. The lowest BCUT2D eigenvalue weighted by molar-refractivity contribution is 0.0695. The number of hydrogen-bond donors (Lipinski definition) is 2. The molecule has 0 fully saturated rings. The summed E-state index contributed by atoms with van der Waals surface area (Å²) in [4.78, 5) is 30.5. The van der Waals surface area contributed by atoms with Crippen molar-refractivity contribution in [3.63, 3.8) is 0 Å². The first-order valence-corrected chi connectivity index (χ1v) is 5.98. The summed E-state index contributed by atoms with van der Waals surface area (Å²) in [6.45, 7) is 1.68. The molecule has 0 aliphatic rings. The molecular formula is C13H10ClN3O3. The maximum Gasteiger partial charge on any atom is 0.336 e. The molecule has 0 aliphatic carbocycles. The van der Waals surface area contributed by atoms with Gasteiger partial charge in [-0.05, 0) is 24.6 Å². The third-order valence-electron chi connectivity index (χ3n) is 2.56. The molecule has 1 aromatic carbocycles. The molecule has 0 saturated heterocycles. The maximum absolute atomic E-state index is 11.9. The number of rotatable bonds is 3. The number of aromatic carboxylic acids is 1. The topological polar surface area (TPSA) is 92.2 Å². The minimum Gasteiger partial charge on any atom is -0.478 e. The molecular weight excluding hydrogens is 282 g/mol. The highest BCUT2D eigenvalue weighted by atomic mass is 35.5. The zero-order valence-electron chi connectivity index (χ0n) is 10.4. The van der Waals surface area contributed by atoms with Crippen molar-refractivity contribution in [3.05, 3.63) is 52.6 Å². The van der Waals surface area contributed by atoms with Crippen molar-refractivity contribution in [3.8, 4) is 0 Å². The van der Waals surface area contributed by atoms with Crippen LogP contribution in [0.4, 0.5) is 5.69 Å². The first kappa shape index (κ1) is 14.0. The second-order valence-corrected chi connectivity index (χ2v) is 4.40. The summed E-state index contributed by atoms with van der Waals surface area (Å²) in [5.74, 6) is -1.57. The lowest BCUT2D eigenvalue weighted by Crippen LogP contribution is -2.14. The number of carbonyl (C=O) groups is 2. The Labute approximate surface area is 119 Å². The van der Waals surface area contributed by atoms with Crippen LogP contribution in [-0.2, 0) is 0 Å². The van der Waals surface area contributed by atoms with Crippen molar-refractivity contribution in [1.29, 1.82) is 0 Å². The van der Waals surface area contributed by atoms with E-state index in [4.69, 9.17) is 16.7 Å². The Morgan fingerprint density at radius 1 is 1.30 bits per heavy atom. The first-order valence-electron chi connectivity index (χ1n) is 5.60. The maximum atomic E-state index is 11.9. The molecule has 0 aliphatic heterocycles. The quantitative estimate of drug-likeness (QED) is 0.906. The Morgan fingerprint density at radius 3 is 2.70 bits per heavy atom. The van der Waals surface area contributed by atoms with Crippen LogP contribution in [0, 0.1) is 6.92 Å². The van der Waals surface area contributed by atoms with Crippen molar-refractivity contribution in [1.82, 2.24) is 9.97 Å². The van der Waals surface area contributed by atoms with Gasteiger partial charge < -0.3 is 10.4 Å². The highest BCUT2D eigenvalue weighted by Crippen LogP contribution is 2.16. The number of aromatic nitrogens is 2. The van der Waals surface area contributed by atoms with Gasteiger partial charge in [-0.25, -0.2) is 9.78 Å². The third kappa shape index (κ3) is 3.10. The van der Waals surface area contributed by atoms with Crippen molar-refractivity contribution in [2.45, 2.75) is 6.92 Å². The summed E-state index contributed by atoms with van der Waals surface area (Å²) in [6.07, 6.45) is 2.58. The van der Waals surface area contributed by atoms with E-state index < -0.39 is 11.9 Å². The standard InChI is InChI=1S/C13H10ClN3O3/c1-7-2-3-8(4-9(7)13(19)20)16-12(18)10-5-15-6-11(14)17-10/h2-6H,1H3,(H,16,18)(H,19,20). The molecule has 0 radical (unpaired) electrons. The fourth-order valence-electron chi connectivity index (χ4n) is 1.58. The van der Waals surface area contributed by atoms with Crippen molar-refractivity contribution in [2.24, 2.45) is 0 Å². The molecule has 0 saturated carbocycles. The predicted molar refractivity (Wildman–Crippen MR) is 73.1 cm³/mol. The summed E-state index contributed by atoms with van der Waals surface area (Å²) < 4.78 is 0. The predicted octanol–water partition coefficient (Wildman–Crippen LogP) is 2.39. The normalized spacial score (nSPS) is 10.1. The minimum atomic E-state index is -1.05. The van der Waals surface area contributed by atoms with Gasteiger partial charge in [0.15, 0.2) is 0 Å². The smallest absolute Gasteiger partial charge is 0.336 e. The van der Waals surface area contributed by atoms with Crippen LogP contribution in [0.25, 0.3) is 0 Å². The second kappa shape index (κ2) is 5.66. The van der Waals surface area contributed by atoms with Gasteiger partial charge in [0.25, 0.3) is 5.91 Å². The third-order valence-corrected chi connectivity index (χ3v) is 2.75. The zero-order valence-corrected chi connectivity index (χ0v) is 11.2. The first-order chi connectivity index (χ1) is 9.47. The fourth-order valence-corrected chi connectivity index (χ4v) is 1.72. The number of benzene rings is 1. The molecule has 0 atom stereocenters. The molecule has 2 N–H and O–H groups in total. The van der Waals surface area contributed by atoms with Crippen LogP contribution in [0.15, 0.2) is 30.6 Å². The van der Waals surface area contributed by atoms with E-state index in [0.29, 0.717) is 11.3 Å². The average molecular weight is 292 g/mol. The van der Waals surface area contributed by atoms with E-state index in [1.807, 2.05) is 0 Å². The van der Waals surface area contributed by atoms with Gasteiger partial charge in [0.1, 0.15) is 10.8 Å². The van der Waals surface area contributed by atoms with Crippen LogP contribution in [0.3, 0.4) is 0 Å². The number of carboxylic acids is 1. The number of carboxylic acid groups (broad SMARTS) is 1. The number of anilines is 1. The zero-order chi connectivity index (χ0) is 14.7. The average Bonchev–Trinajstić information content (AvgIpc) is 2.40. The van der Waals surface area contributed by atoms with E-state index in [0.717, 1.165) is 0 Å². The molecule has 1 aromatic heterocycles. The van der Waals surface area contributed by atoms with Crippen LogP contribution in [0.1, 0.15) is 26.4 Å². The largest absolute Gasteiger partial charge is 0.478 e. The van der Waals surface area contributed by atoms with Crippen LogP contribution < -0.4 is 5.32 Å². The number of hydrogen-bond acceptors (Lipinski definition) is 4. The number of halogens is 1. The molecule has 2 rings (SSSR count). The van der Waals surface area contributed by atoms with E-state index in [2.05, 4.69) is 15.3 Å². The van der Waals surface area contributed by atoms with Gasteiger partial charge in [-0.3, -0.25) is 9.78 Å². The Hall–Kier alpha value is -2.47. The van der Waals surface area contributed by atoms with Gasteiger partial charge in [0.05, 0.1) is 18.0 Å². The molecule has 1 amide bonds. The van der Waals surface area contributed by atoms with Gasteiger partial charge in [-0.2, -0.15) is 0 Å². The number of amides is 1. The van der Waals surface area contributed by atoms with E-state index in [9.17, 15) is 9.59 Å². The van der Waals surface area contributed by atoms with Gasteiger partial charge in [0.2, 0.25) is 0 Å². The van der Waals surface area contributed by atoms with E-state index in [1.54, 1.807) is 19.1 Å². The summed E-state index contributed by atoms with van der Waals surface area (Å²) in [5, 5.41) is 11.7. The van der Waals surface area contributed by atoms with Crippen LogP contribution >= 0.6 is 11.6 Å². The Kier molecular flexibility index (Phi) is 3.95. The lowest BCUT2D eigenvalue weighted by Gasteiger charge is -2.07. The number of nitrogens with one attached hydrogen (secondary N) is 1. The molecule has 0 spiro atoms. The molecule has 0 bridgehead atoms. The molecule has 6 nitrogen and oxygen atoms in total. The van der Waals surface area contributed by atoms with Crippen molar-refractivity contribution < 1.29 is 14.7 Å². The van der Waals surface area contributed by atoms with Crippen LogP contribution in [-0.4, -0.2) is 27.0 Å². The van der Waals surface area contributed by atoms with Crippen molar-refractivity contribution in [2.75, 3.05) is 5.32 Å². The Morgan fingerprint density at radius 2 is 2.05 bits per heavy atom. The molecule has 7 heteroatoms. The van der Waals surface area contributed by atoms with Crippen LogP contribution in [0.5, 0.6) is 0 Å².